The predicted molar refractivity (Wildman–Crippen MR) is 75.2 cm³/mol. The molecule has 2 N–H and O–H groups in total. The third-order valence-corrected chi connectivity index (χ3v) is 4.01. The van der Waals surface area contributed by atoms with Crippen molar-refractivity contribution in [1.82, 2.24) is 9.80 Å². The van der Waals surface area contributed by atoms with Crippen molar-refractivity contribution in [3.63, 3.8) is 0 Å². The number of hydrogen-bond donors (Lipinski definition) is 1. The Hall–Kier alpha value is -0.120. The van der Waals surface area contributed by atoms with Gasteiger partial charge < -0.3 is 10.6 Å². The first-order valence-corrected chi connectivity index (χ1v) is 6.89. The molecule has 0 amide bonds. The highest BCUT2D eigenvalue weighted by Crippen LogP contribution is 2.29. The quantitative estimate of drug-likeness (QED) is 0.817. The van der Waals surface area contributed by atoms with Gasteiger partial charge in [-0.3, -0.25) is 4.90 Å². The monoisotopic (exact) mass is 241 g/mol. The molecule has 0 aromatic rings. The zero-order chi connectivity index (χ0) is 13.2. The summed E-state index contributed by atoms with van der Waals surface area (Å²) in [5, 5.41) is 0. The Kier molecular flexibility index (Phi) is 4.99. The average Bonchev–Trinajstić information content (AvgIpc) is 2.15. The van der Waals surface area contributed by atoms with Crippen molar-refractivity contribution in [3.05, 3.63) is 0 Å². The Labute approximate surface area is 107 Å². The van der Waals surface area contributed by atoms with Gasteiger partial charge in [-0.2, -0.15) is 0 Å². The third kappa shape index (κ3) is 3.94. The van der Waals surface area contributed by atoms with Gasteiger partial charge in [0.2, 0.25) is 0 Å². The molecule has 0 bridgehead atoms. The van der Waals surface area contributed by atoms with E-state index in [4.69, 9.17) is 5.73 Å². The average molecular weight is 241 g/mol. The van der Waals surface area contributed by atoms with E-state index in [-0.39, 0.29) is 11.5 Å². The molecule has 0 aromatic heterocycles. The number of rotatable bonds is 3. The van der Waals surface area contributed by atoms with E-state index in [0.717, 1.165) is 6.04 Å². The topological polar surface area (TPSA) is 32.5 Å². The van der Waals surface area contributed by atoms with Crippen LogP contribution in [0.3, 0.4) is 0 Å². The molecule has 1 aliphatic heterocycles. The Bertz CT molecular complexity index is 222. The molecule has 17 heavy (non-hydrogen) atoms. The van der Waals surface area contributed by atoms with Crippen molar-refractivity contribution in [2.24, 2.45) is 11.1 Å². The molecule has 1 aliphatic rings. The second-order valence-corrected chi connectivity index (χ2v) is 6.90. The molecule has 0 radical (unpaired) electrons. The molecule has 3 nitrogen and oxygen atoms in total. The summed E-state index contributed by atoms with van der Waals surface area (Å²) in [6.07, 6.45) is 2.54. The molecule has 1 rings (SSSR count). The zero-order valence-electron chi connectivity index (χ0n) is 12.5. The lowest BCUT2D eigenvalue weighted by atomic mass is 9.81. The van der Waals surface area contributed by atoms with E-state index in [2.05, 4.69) is 51.6 Å². The van der Waals surface area contributed by atoms with E-state index < -0.39 is 0 Å². The van der Waals surface area contributed by atoms with Gasteiger partial charge in [-0.25, -0.2) is 0 Å². The summed E-state index contributed by atoms with van der Waals surface area (Å²) in [5.74, 6) is 0. The molecule has 102 valence electrons. The Morgan fingerprint density at radius 2 is 1.65 bits per heavy atom. The van der Waals surface area contributed by atoms with Gasteiger partial charge in [0.15, 0.2) is 0 Å². The van der Waals surface area contributed by atoms with Crippen molar-refractivity contribution in [3.8, 4) is 0 Å². The molecular weight excluding hydrogens is 210 g/mol. The summed E-state index contributed by atoms with van der Waals surface area (Å²) >= 11 is 0. The van der Waals surface area contributed by atoms with E-state index in [0.29, 0.717) is 6.04 Å². The smallest absolute Gasteiger partial charge is 0.0292 e. The van der Waals surface area contributed by atoms with Crippen molar-refractivity contribution in [1.29, 1.82) is 0 Å². The van der Waals surface area contributed by atoms with Crippen molar-refractivity contribution in [2.75, 3.05) is 27.2 Å². The van der Waals surface area contributed by atoms with Crippen LogP contribution in [0.5, 0.6) is 0 Å². The Balaban J connectivity index is 2.62. The molecule has 0 aromatic carbocycles. The van der Waals surface area contributed by atoms with Crippen molar-refractivity contribution >= 4 is 0 Å². The molecule has 2 atom stereocenters. The van der Waals surface area contributed by atoms with Gasteiger partial charge >= 0.3 is 0 Å². The fraction of sp³-hybridized carbons (Fsp3) is 1.00. The lowest BCUT2D eigenvalue weighted by molar-refractivity contribution is 0.0424. The minimum Gasteiger partial charge on any atom is -0.327 e. The van der Waals surface area contributed by atoms with Gasteiger partial charge in [0.1, 0.15) is 0 Å². The summed E-state index contributed by atoms with van der Waals surface area (Å²) in [5.41, 5.74) is 6.46. The lowest BCUT2D eigenvalue weighted by Gasteiger charge is -2.46. The molecule has 1 saturated heterocycles. The first-order valence-electron chi connectivity index (χ1n) is 6.89. The standard InChI is InChI=1S/C14H31N3/c1-11(15)13(14(2,3)4)17-9-7-12(8-10-17)16(5)6/h11-13H,7-10,15H2,1-6H3. The fourth-order valence-electron chi connectivity index (χ4n) is 3.35. The maximum atomic E-state index is 6.20. The maximum absolute atomic E-state index is 6.20. The molecule has 0 spiro atoms. The van der Waals surface area contributed by atoms with Crippen LogP contribution in [-0.2, 0) is 0 Å². The van der Waals surface area contributed by atoms with Crippen LogP contribution in [0.2, 0.25) is 0 Å². The van der Waals surface area contributed by atoms with Gasteiger partial charge in [0.05, 0.1) is 0 Å². The minimum atomic E-state index is 0.242. The van der Waals surface area contributed by atoms with Gasteiger partial charge in [-0.1, -0.05) is 20.8 Å². The molecular formula is C14H31N3. The summed E-state index contributed by atoms with van der Waals surface area (Å²) in [6, 6.07) is 1.48. The van der Waals surface area contributed by atoms with Crippen LogP contribution in [0.25, 0.3) is 0 Å². The number of nitrogens with zero attached hydrogens (tertiary/aromatic N) is 2. The van der Waals surface area contributed by atoms with Crippen LogP contribution in [0.15, 0.2) is 0 Å². The van der Waals surface area contributed by atoms with Crippen LogP contribution in [-0.4, -0.2) is 55.1 Å². The first-order chi connectivity index (χ1) is 7.73. The largest absolute Gasteiger partial charge is 0.327 e. The van der Waals surface area contributed by atoms with Gasteiger partial charge in [0.25, 0.3) is 0 Å². The molecule has 2 unspecified atom stereocenters. The van der Waals surface area contributed by atoms with E-state index >= 15 is 0 Å². The van der Waals surface area contributed by atoms with E-state index in [1.54, 1.807) is 0 Å². The van der Waals surface area contributed by atoms with Crippen LogP contribution in [0, 0.1) is 5.41 Å². The van der Waals surface area contributed by atoms with Crippen molar-refractivity contribution < 1.29 is 0 Å². The van der Waals surface area contributed by atoms with Crippen LogP contribution in [0.4, 0.5) is 0 Å². The summed E-state index contributed by atoms with van der Waals surface area (Å²) in [6.45, 7) is 11.4. The second-order valence-electron chi connectivity index (χ2n) is 6.90. The molecule has 1 heterocycles. The van der Waals surface area contributed by atoms with Crippen molar-refractivity contribution in [2.45, 2.75) is 58.7 Å². The Morgan fingerprint density at radius 1 is 1.18 bits per heavy atom. The predicted octanol–water partition coefficient (Wildman–Crippen LogP) is 1.77. The number of hydrogen-bond acceptors (Lipinski definition) is 3. The van der Waals surface area contributed by atoms with E-state index in [1.165, 1.54) is 25.9 Å². The number of nitrogens with two attached hydrogens (primary N) is 1. The van der Waals surface area contributed by atoms with Crippen LogP contribution < -0.4 is 5.73 Å². The van der Waals surface area contributed by atoms with Crippen LogP contribution >= 0.6 is 0 Å². The third-order valence-electron chi connectivity index (χ3n) is 4.01. The highest BCUT2D eigenvalue weighted by Gasteiger charge is 2.35. The molecule has 0 saturated carbocycles. The molecule has 0 aliphatic carbocycles. The lowest BCUT2D eigenvalue weighted by Crippen LogP contribution is -2.57. The van der Waals surface area contributed by atoms with Gasteiger partial charge in [-0.15, -0.1) is 0 Å². The number of piperidine rings is 1. The highest BCUT2D eigenvalue weighted by atomic mass is 15.2. The Morgan fingerprint density at radius 3 is 1.94 bits per heavy atom. The fourth-order valence-corrected chi connectivity index (χ4v) is 3.35. The zero-order valence-corrected chi connectivity index (χ0v) is 12.5. The van der Waals surface area contributed by atoms with Crippen LogP contribution in [0.1, 0.15) is 40.5 Å². The second kappa shape index (κ2) is 5.68. The minimum absolute atomic E-state index is 0.242. The van der Waals surface area contributed by atoms with Gasteiger partial charge in [0, 0.05) is 31.2 Å². The molecule has 1 fully saturated rings. The number of likely N-dealkylation sites (tertiary alicyclic amines) is 1. The summed E-state index contributed by atoms with van der Waals surface area (Å²) in [4.78, 5) is 4.96. The molecule has 3 heteroatoms. The highest BCUT2D eigenvalue weighted by molar-refractivity contribution is 4.92. The normalized spacial score (nSPS) is 24.0. The summed E-state index contributed by atoms with van der Waals surface area (Å²) in [7, 11) is 4.38. The van der Waals surface area contributed by atoms with E-state index in [1.807, 2.05) is 0 Å². The first kappa shape index (κ1) is 14.9. The van der Waals surface area contributed by atoms with Gasteiger partial charge in [-0.05, 0) is 39.3 Å². The SMILES string of the molecule is CC(N)C(N1CCC(N(C)C)CC1)C(C)(C)C. The van der Waals surface area contributed by atoms with E-state index in [9.17, 15) is 0 Å². The maximum Gasteiger partial charge on any atom is 0.0292 e. The summed E-state index contributed by atoms with van der Waals surface area (Å²) < 4.78 is 0.